The molecule has 2 unspecified atom stereocenters. The quantitative estimate of drug-likeness (QED) is 0.783. The summed E-state index contributed by atoms with van der Waals surface area (Å²) < 4.78 is 0. The highest BCUT2D eigenvalue weighted by molar-refractivity contribution is 4.88. The van der Waals surface area contributed by atoms with Crippen molar-refractivity contribution in [2.24, 2.45) is 5.41 Å². The van der Waals surface area contributed by atoms with Crippen LogP contribution in [0.4, 0.5) is 0 Å². The fourth-order valence-corrected chi connectivity index (χ4v) is 3.27. The molecule has 0 aliphatic carbocycles. The third-order valence-electron chi connectivity index (χ3n) is 5.05. The Labute approximate surface area is 114 Å². The van der Waals surface area contributed by atoms with Gasteiger partial charge in [0.1, 0.15) is 0 Å². The van der Waals surface area contributed by atoms with E-state index >= 15 is 0 Å². The van der Waals surface area contributed by atoms with Crippen LogP contribution in [0.25, 0.3) is 0 Å². The SMILES string of the molecule is CCC(CC)(CNC)CN1CC(C)N(C)C(C)C1. The molecule has 1 aliphatic rings. The largest absolute Gasteiger partial charge is 0.319 e. The molecule has 0 spiro atoms. The lowest BCUT2D eigenvalue weighted by atomic mass is 9.81. The lowest BCUT2D eigenvalue weighted by molar-refractivity contribution is 0.0287. The molecule has 0 amide bonds. The number of hydrogen-bond donors (Lipinski definition) is 1. The van der Waals surface area contributed by atoms with Crippen molar-refractivity contribution in [1.29, 1.82) is 0 Å². The number of piperazine rings is 1. The summed E-state index contributed by atoms with van der Waals surface area (Å²) in [5.41, 5.74) is 0.449. The van der Waals surface area contributed by atoms with Gasteiger partial charge in [-0.2, -0.15) is 0 Å². The van der Waals surface area contributed by atoms with E-state index < -0.39 is 0 Å². The third-order valence-corrected chi connectivity index (χ3v) is 5.05. The number of rotatable bonds is 6. The molecule has 1 rings (SSSR count). The zero-order valence-corrected chi connectivity index (χ0v) is 13.3. The fourth-order valence-electron chi connectivity index (χ4n) is 3.27. The highest BCUT2D eigenvalue weighted by Crippen LogP contribution is 2.28. The number of likely N-dealkylation sites (N-methyl/N-ethyl adjacent to an activating group) is 1. The van der Waals surface area contributed by atoms with Gasteiger partial charge in [-0.3, -0.25) is 9.80 Å². The molecule has 0 saturated carbocycles. The zero-order valence-electron chi connectivity index (χ0n) is 13.3. The molecule has 18 heavy (non-hydrogen) atoms. The van der Waals surface area contributed by atoms with Gasteiger partial charge in [0.25, 0.3) is 0 Å². The molecular weight excluding hydrogens is 222 g/mol. The first-order chi connectivity index (χ1) is 8.48. The minimum absolute atomic E-state index is 0.449. The second kappa shape index (κ2) is 6.88. The summed E-state index contributed by atoms with van der Waals surface area (Å²) >= 11 is 0. The maximum absolute atomic E-state index is 3.39. The Balaban J connectivity index is 2.64. The number of hydrogen-bond acceptors (Lipinski definition) is 3. The second-order valence-corrected chi connectivity index (χ2v) is 6.30. The van der Waals surface area contributed by atoms with E-state index in [1.54, 1.807) is 0 Å². The lowest BCUT2D eigenvalue weighted by Gasteiger charge is -2.46. The summed E-state index contributed by atoms with van der Waals surface area (Å²) in [5.74, 6) is 0. The zero-order chi connectivity index (χ0) is 13.8. The topological polar surface area (TPSA) is 18.5 Å². The molecule has 1 saturated heterocycles. The van der Waals surface area contributed by atoms with Crippen LogP contribution in [-0.2, 0) is 0 Å². The highest BCUT2D eigenvalue weighted by Gasteiger charge is 2.33. The summed E-state index contributed by atoms with van der Waals surface area (Å²) in [7, 11) is 4.34. The van der Waals surface area contributed by atoms with Gasteiger partial charge < -0.3 is 5.32 Å². The molecule has 0 bridgehead atoms. The van der Waals surface area contributed by atoms with E-state index in [0.717, 1.165) is 6.54 Å². The Morgan fingerprint density at radius 1 is 1.11 bits per heavy atom. The van der Waals surface area contributed by atoms with E-state index in [1.807, 2.05) is 0 Å². The Morgan fingerprint density at radius 2 is 1.61 bits per heavy atom. The molecule has 0 radical (unpaired) electrons. The molecule has 3 heteroatoms. The normalized spacial score (nSPS) is 27.7. The summed E-state index contributed by atoms with van der Waals surface area (Å²) in [6.45, 7) is 14.2. The van der Waals surface area contributed by atoms with Crippen molar-refractivity contribution < 1.29 is 0 Å². The Hall–Kier alpha value is -0.120. The van der Waals surface area contributed by atoms with Gasteiger partial charge in [0.05, 0.1) is 0 Å². The van der Waals surface area contributed by atoms with Crippen LogP contribution in [0.2, 0.25) is 0 Å². The number of nitrogens with one attached hydrogen (secondary N) is 1. The van der Waals surface area contributed by atoms with Gasteiger partial charge in [-0.15, -0.1) is 0 Å². The van der Waals surface area contributed by atoms with Gasteiger partial charge in [0.15, 0.2) is 0 Å². The maximum atomic E-state index is 3.39. The third kappa shape index (κ3) is 3.69. The van der Waals surface area contributed by atoms with Crippen molar-refractivity contribution in [1.82, 2.24) is 15.1 Å². The van der Waals surface area contributed by atoms with Crippen molar-refractivity contribution in [3.63, 3.8) is 0 Å². The van der Waals surface area contributed by atoms with Crippen LogP contribution in [0.5, 0.6) is 0 Å². The first kappa shape index (κ1) is 15.9. The maximum Gasteiger partial charge on any atom is 0.0195 e. The van der Waals surface area contributed by atoms with Gasteiger partial charge in [0.2, 0.25) is 0 Å². The molecule has 2 atom stereocenters. The van der Waals surface area contributed by atoms with Crippen LogP contribution in [-0.4, -0.2) is 62.2 Å². The molecular formula is C15H33N3. The molecule has 3 nitrogen and oxygen atoms in total. The molecule has 108 valence electrons. The fraction of sp³-hybridized carbons (Fsp3) is 1.00. The van der Waals surface area contributed by atoms with Crippen molar-refractivity contribution in [3.05, 3.63) is 0 Å². The molecule has 1 aliphatic heterocycles. The van der Waals surface area contributed by atoms with Gasteiger partial charge >= 0.3 is 0 Å². The van der Waals surface area contributed by atoms with Gasteiger partial charge in [-0.25, -0.2) is 0 Å². The summed E-state index contributed by atoms with van der Waals surface area (Å²) in [6.07, 6.45) is 2.53. The van der Waals surface area contributed by atoms with Crippen molar-refractivity contribution in [2.45, 2.75) is 52.6 Å². The molecule has 1 fully saturated rings. The van der Waals surface area contributed by atoms with Crippen molar-refractivity contribution >= 4 is 0 Å². The van der Waals surface area contributed by atoms with E-state index in [4.69, 9.17) is 0 Å². The van der Waals surface area contributed by atoms with Crippen LogP contribution in [0.15, 0.2) is 0 Å². The lowest BCUT2D eigenvalue weighted by Crippen LogP contribution is -2.57. The van der Waals surface area contributed by atoms with E-state index in [-0.39, 0.29) is 0 Å². The van der Waals surface area contributed by atoms with Crippen LogP contribution >= 0.6 is 0 Å². The average Bonchev–Trinajstić information content (AvgIpc) is 2.35. The molecule has 1 heterocycles. The van der Waals surface area contributed by atoms with E-state index in [2.05, 4.69) is 56.9 Å². The molecule has 0 aromatic carbocycles. The number of nitrogens with zero attached hydrogens (tertiary/aromatic N) is 2. The first-order valence-corrected chi connectivity index (χ1v) is 7.57. The van der Waals surface area contributed by atoms with Crippen LogP contribution < -0.4 is 5.32 Å². The molecule has 0 aromatic rings. The predicted molar refractivity (Wildman–Crippen MR) is 80.1 cm³/mol. The van der Waals surface area contributed by atoms with Gasteiger partial charge in [-0.1, -0.05) is 13.8 Å². The van der Waals surface area contributed by atoms with E-state index in [9.17, 15) is 0 Å². The second-order valence-electron chi connectivity index (χ2n) is 6.30. The van der Waals surface area contributed by atoms with Gasteiger partial charge in [0, 0.05) is 38.3 Å². The molecule has 0 aromatic heterocycles. The summed E-state index contributed by atoms with van der Waals surface area (Å²) in [4.78, 5) is 5.19. The Kier molecular flexibility index (Phi) is 6.09. The standard InChI is InChI=1S/C15H33N3/c1-7-15(8-2,11-16-5)12-18-9-13(3)17(6)14(4)10-18/h13-14,16H,7-12H2,1-6H3. The highest BCUT2D eigenvalue weighted by atomic mass is 15.3. The first-order valence-electron chi connectivity index (χ1n) is 7.57. The molecule has 1 N–H and O–H groups in total. The summed E-state index contributed by atoms with van der Waals surface area (Å²) in [5, 5.41) is 3.39. The van der Waals surface area contributed by atoms with Crippen LogP contribution in [0.1, 0.15) is 40.5 Å². The Morgan fingerprint density at radius 3 is 2.00 bits per heavy atom. The minimum atomic E-state index is 0.449. The predicted octanol–water partition coefficient (Wildman–Crippen LogP) is 2.04. The smallest absolute Gasteiger partial charge is 0.0195 e. The van der Waals surface area contributed by atoms with Crippen LogP contribution in [0, 0.1) is 5.41 Å². The van der Waals surface area contributed by atoms with Crippen molar-refractivity contribution in [2.75, 3.05) is 40.3 Å². The van der Waals surface area contributed by atoms with Gasteiger partial charge in [-0.05, 0) is 46.2 Å². The summed E-state index contributed by atoms with van der Waals surface area (Å²) in [6, 6.07) is 1.35. The average molecular weight is 255 g/mol. The van der Waals surface area contributed by atoms with E-state index in [1.165, 1.54) is 32.5 Å². The monoisotopic (exact) mass is 255 g/mol. The Bertz CT molecular complexity index is 226. The van der Waals surface area contributed by atoms with Crippen molar-refractivity contribution in [3.8, 4) is 0 Å². The minimum Gasteiger partial charge on any atom is -0.319 e. The van der Waals surface area contributed by atoms with E-state index in [0.29, 0.717) is 17.5 Å². The van der Waals surface area contributed by atoms with Crippen LogP contribution in [0.3, 0.4) is 0 Å².